The van der Waals surface area contributed by atoms with Gasteiger partial charge in [-0.2, -0.15) is 0 Å². The van der Waals surface area contributed by atoms with Crippen LogP contribution in [0.25, 0.3) is 0 Å². The molecule has 0 saturated carbocycles. The molecule has 3 amide bonds. The van der Waals surface area contributed by atoms with Crippen molar-refractivity contribution in [1.82, 2.24) is 10.2 Å². The summed E-state index contributed by atoms with van der Waals surface area (Å²) in [6.45, 7) is 12.7. The fourth-order valence-electron chi connectivity index (χ4n) is 7.43. The zero-order chi connectivity index (χ0) is 44.7. The van der Waals surface area contributed by atoms with Gasteiger partial charge >= 0.3 is 12.1 Å². The van der Waals surface area contributed by atoms with Crippen molar-refractivity contribution in [2.45, 2.75) is 140 Å². The van der Waals surface area contributed by atoms with Crippen LogP contribution in [0.1, 0.15) is 92.6 Å². The van der Waals surface area contributed by atoms with Gasteiger partial charge < -0.3 is 43.4 Å². The highest BCUT2D eigenvalue weighted by atomic mass is 35.5. The lowest BCUT2D eigenvalue weighted by Gasteiger charge is -2.42. The monoisotopic (exact) mass is 895 g/mol. The van der Waals surface area contributed by atoms with E-state index in [9.17, 15) is 29.1 Å². The van der Waals surface area contributed by atoms with E-state index in [1.54, 1.807) is 87.7 Å². The van der Waals surface area contributed by atoms with Gasteiger partial charge in [0.05, 0.1) is 25.3 Å². The molecule has 60 heavy (non-hydrogen) atoms. The average Bonchev–Trinajstić information content (AvgIpc) is 3.88. The number of ketones is 1. The number of carbonyl (C=O) groups excluding carboxylic acids is 5. The van der Waals surface area contributed by atoms with Crippen LogP contribution < -0.4 is 15.0 Å². The second-order valence-electron chi connectivity index (χ2n) is 16.9. The zero-order valence-electron chi connectivity index (χ0n) is 36.6. The first-order valence-corrected chi connectivity index (χ1v) is 22.9. The number of nitrogens with zero attached hydrogens (tertiary/aromatic N) is 2. The Hall–Kier alpha value is -3.28. The molecular formula is C43H62ClN3O11S2. The first kappa shape index (κ1) is 49.4. The quantitative estimate of drug-likeness (QED) is 0.0863. The van der Waals surface area contributed by atoms with Gasteiger partial charge in [-0.25, -0.2) is 9.59 Å². The molecule has 17 heteroatoms. The molecule has 3 heterocycles. The van der Waals surface area contributed by atoms with E-state index in [2.05, 4.69) is 19.2 Å². The van der Waals surface area contributed by atoms with Crippen LogP contribution in [0, 0.1) is 5.92 Å². The Bertz CT molecular complexity index is 1830. The second-order valence-corrected chi connectivity index (χ2v) is 20.4. The Morgan fingerprint density at radius 3 is 2.55 bits per heavy atom. The molecule has 3 aliphatic rings. The molecule has 1 aromatic carbocycles. The summed E-state index contributed by atoms with van der Waals surface area (Å²) < 4.78 is 29.2. The number of rotatable bonds is 14. The number of alkyl carbamates (subject to hydrolysis) is 1. The number of likely N-dealkylation sites (N-methyl/N-ethyl adjacent to an activating group) is 1. The van der Waals surface area contributed by atoms with E-state index in [1.807, 2.05) is 13.0 Å². The molecule has 1 aromatic rings. The summed E-state index contributed by atoms with van der Waals surface area (Å²) in [5.74, 6) is -0.603. The third-order valence-electron chi connectivity index (χ3n) is 11.5. The number of halogens is 1. The number of benzene rings is 1. The normalized spacial score (nSPS) is 29.2. The van der Waals surface area contributed by atoms with E-state index >= 15 is 0 Å². The number of carbonyl (C=O) groups is 5. The maximum Gasteiger partial charge on any atom is 0.409 e. The molecule has 1 unspecified atom stereocenters. The van der Waals surface area contributed by atoms with Gasteiger partial charge in [-0.15, -0.1) is 0 Å². The van der Waals surface area contributed by atoms with Crippen molar-refractivity contribution in [3.63, 3.8) is 0 Å². The second kappa shape index (κ2) is 20.7. The molecule has 14 nitrogen and oxygen atoms in total. The lowest BCUT2D eigenvalue weighted by molar-refractivity contribution is -0.162. The molecule has 2 fully saturated rings. The molecule has 3 aliphatic heterocycles. The average molecular weight is 897 g/mol. The van der Waals surface area contributed by atoms with Crippen molar-refractivity contribution in [3.05, 3.63) is 46.5 Å². The molecule has 2 saturated heterocycles. The Morgan fingerprint density at radius 1 is 1.20 bits per heavy atom. The van der Waals surface area contributed by atoms with Crippen molar-refractivity contribution in [3.8, 4) is 5.75 Å². The Morgan fingerprint density at radius 2 is 1.90 bits per heavy atom. The number of esters is 1. The highest BCUT2D eigenvalue weighted by Gasteiger charge is 2.64. The molecule has 4 rings (SSSR count). The zero-order valence-corrected chi connectivity index (χ0v) is 39.0. The first-order valence-electron chi connectivity index (χ1n) is 20.2. The summed E-state index contributed by atoms with van der Waals surface area (Å²) in [4.78, 5) is 68.6. The van der Waals surface area contributed by atoms with Crippen LogP contribution in [0.5, 0.6) is 5.75 Å². The first-order chi connectivity index (χ1) is 28.0. The Kier molecular flexibility index (Phi) is 17.1. The number of nitrogens with one attached hydrogen (secondary N) is 1. The largest absolute Gasteiger partial charge is 0.495 e. The summed E-state index contributed by atoms with van der Waals surface area (Å²) in [5.41, 5.74) is -0.966. The highest BCUT2D eigenvalue weighted by Crippen LogP contribution is 2.49. The van der Waals surface area contributed by atoms with Crippen molar-refractivity contribution in [2.24, 2.45) is 5.92 Å². The van der Waals surface area contributed by atoms with E-state index in [0.29, 0.717) is 30.7 Å². The number of methoxy groups -OCH3 is 2. The number of hydrogen-bond donors (Lipinski definition) is 2. The van der Waals surface area contributed by atoms with Crippen molar-refractivity contribution < 1.29 is 52.8 Å². The summed E-state index contributed by atoms with van der Waals surface area (Å²) >= 11 is 6.80. The van der Waals surface area contributed by atoms with E-state index in [4.69, 9.17) is 35.3 Å². The molecular weight excluding hydrogens is 834 g/mol. The van der Waals surface area contributed by atoms with E-state index in [1.165, 1.54) is 24.0 Å². The SMILES string of the molecule is COc1cc2cc(c1Cl)N(C)C(=O)C[C@H](OC(=O)[C@H](C)N(C)C(=O)CCC(C)(C)SSCCCC(C)=O)C1(C)O[C@H]1[C@H](C)[C@@H]1C[C@@](O)(NC(=O)O1)[C@H](OC)/C=C/C=C(\C)C2. The third-order valence-corrected chi connectivity index (χ3v) is 15.3. The predicted molar refractivity (Wildman–Crippen MR) is 234 cm³/mol. The maximum atomic E-state index is 14.3. The van der Waals surface area contributed by atoms with Gasteiger partial charge in [0.15, 0.2) is 5.72 Å². The molecule has 0 aliphatic carbocycles. The van der Waals surface area contributed by atoms with Gasteiger partial charge in [0.1, 0.15) is 46.5 Å². The molecule has 0 aromatic heterocycles. The van der Waals surface area contributed by atoms with Gasteiger partial charge in [0.25, 0.3) is 0 Å². The van der Waals surface area contributed by atoms with Crippen LogP contribution in [0.4, 0.5) is 10.5 Å². The number of Topliss-reactive ketones (excluding diaryl/α,β-unsaturated/α-hetero) is 1. The lowest BCUT2D eigenvalue weighted by Crippen LogP contribution is -2.63. The minimum atomic E-state index is -1.84. The van der Waals surface area contributed by atoms with Crippen molar-refractivity contribution in [2.75, 3.05) is 39.0 Å². The third kappa shape index (κ3) is 12.4. The maximum absolute atomic E-state index is 14.3. The summed E-state index contributed by atoms with van der Waals surface area (Å²) in [5, 5.41) is 14.5. The van der Waals surface area contributed by atoms with Gasteiger partial charge in [0, 0.05) is 56.9 Å². The Labute approximate surface area is 367 Å². The molecule has 334 valence electrons. The van der Waals surface area contributed by atoms with E-state index in [0.717, 1.165) is 23.3 Å². The van der Waals surface area contributed by atoms with Crippen LogP contribution in [-0.4, -0.2) is 120 Å². The van der Waals surface area contributed by atoms with Gasteiger partial charge in [0.2, 0.25) is 11.8 Å². The number of aliphatic hydroxyl groups is 1. The number of epoxide rings is 1. The molecule has 8 atom stereocenters. The summed E-state index contributed by atoms with van der Waals surface area (Å²) in [6.07, 6.45) is 2.93. The number of anilines is 1. The highest BCUT2D eigenvalue weighted by molar-refractivity contribution is 8.77. The van der Waals surface area contributed by atoms with E-state index < -0.39 is 65.7 Å². The van der Waals surface area contributed by atoms with Crippen LogP contribution in [-0.2, 0) is 44.5 Å². The molecule has 0 radical (unpaired) electrons. The van der Waals surface area contributed by atoms with Crippen LogP contribution >= 0.6 is 33.2 Å². The number of allylic oxidation sites excluding steroid dienone is 3. The van der Waals surface area contributed by atoms with Gasteiger partial charge in [-0.1, -0.05) is 63.9 Å². The number of amides is 3. The van der Waals surface area contributed by atoms with Crippen LogP contribution in [0.15, 0.2) is 35.9 Å². The summed E-state index contributed by atoms with van der Waals surface area (Å²) in [7, 11) is 9.39. The Balaban J connectivity index is 1.62. The van der Waals surface area contributed by atoms with Gasteiger partial charge in [-0.3, -0.25) is 14.9 Å². The van der Waals surface area contributed by atoms with Crippen molar-refractivity contribution in [1.29, 1.82) is 0 Å². The smallest absolute Gasteiger partial charge is 0.409 e. The fourth-order valence-corrected chi connectivity index (χ4v) is 10.4. The standard InChI is InChI=1S/C43H62ClN3O11S2/c1-25-14-12-16-33(55-11)43(53)24-32(56-40(52)45-43)27(3)38-42(7,58-38)34(23-36(50)47(9)30-21-29(20-25)22-31(54-10)37(30)44)57-39(51)28(4)46(8)35(49)17-18-41(5,6)60-59-19-13-15-26(2)48/h12,14,16,21-22,27-28,32-34,38,53H,13,15,17-20,23-24H2,1-11H3,(H,45,52)/b16-12+,25-14+/t27-,28+,32+,33-,34+,38+,42?,43+/m1/s1. The molecule has 2 N–H and O–H groups in total. The van der Waals surface area contributed by atoms with E-state index in [-0.39, 0.29) is 40.7 Å². The minimum absolute atomic E-state index is 0.0601. The number of hydrogen-bond acceptors (Lipinski definition) is 13. The van der Waals surface area contributed by atoms with Crippen LogP contribution in [0.2, 0.25) is 5.02 Å². The topological polar surface area (TPSA) is 174 Å². The lowest BCUT2D eigenvalue weighted by atomic mass is 9.83. The number of ether oxygens (including phenoxy) is 5. The molecule has 0 spiro atoms. The number of fused-ring (bicyclic) bond motifs is 5. The predicted octanol–water partition coefficient (Wildman–Crippen LogP) is 6.82. The minimum Gasteiger partial charge on any atom is -0.495 e. The fraction of sp³-hybridized carbons (Fsp3) is 0.651. The molecule has 4 bridgehead atoms. The summed E-state index contributed by atoms with van der Waals surface area (Å²) in [6, 6.07) is 2.58. The van der Waals surface area contributed by atoms with Crippen molar-refractivity contribution >= 4 is 68.5 Å². The van der Waals surface area contributed by atoms with Gasteiger partial charge in [-0.05, 0) is 78.5 Å². The van der Waals surface area contributed by atoms with Crippen LogP contribution in [0.3, 0.4) is 0 Å².